The summed E-state index contributed by atoms with van der Waals surface area (Å²) in [5.41, 5.74) is -2.37. The van der Waals surface area contributed by atoms with Gasteiger partial charge in [-0.1, -0.05) is 23.7 Å². The van der Waals surface area contributed by atoms with E-state index in [1.807, 2.05) is 0 Å². The summed E-state index contributed by atoms with van der Waals surface area (Å²) in [7, 11) is 1.18. The zero-order valence-electron chi connectivity index (χ0n) is 15.0. The van der Waals surface area contributed by atoms with Crippen molar-refractivity contribution >= 4 is 23.4 Å². The number of carbonyl (C=O) groups is 2. The van der Waals surface area contributed by atoms with E-state index in [0.717, 1.165) is 12.1 Å². The summed E-state index contributed by atoms with van der Waals surface area (Å²) in [6.45, 7) is 1.43. The summed E-state index contributed by atoms with van der Waals surface area (Å²) in [6, 6.07) is 8.62. The maximum Gasteiger partial charge on any atom is 0.417 e. The van der Waals surface area contributed by atoms with Gasteiger partial charge in [-0.25, -0.2) is 4.79 Å². The molecule has 1 atom stereocenters. The molecule has 0 aliphatic rings. The van der Waals surface area contributed by atoms with Gasteiger partial charge in [-0.05, 0) is 31.2 Å². The average Bonchev–Trinajstić information content (AvgIpc) is 2.68. The highest BCUT2D eigenvalue weighted by Crippen LogP contribution is 2.42. The topological polar surface area (TPSA) is 85.6 Å². The average molecular weight is 428 g/mol. The van der Waals surface area contributed by atoms with Gasteiger partial charge in [0.05, 0.1) is 23.3 Å². The molecule has 0 amide bonds. The lowest BCUT2D eigenvalue weighted by Gasteiger charge is -2.18. The zero-order chi connectivity index (χ0) is 21.8. The quantitative estimate of drug-likeness (QED) is 0.374. The fourth-order valence-electron chi connectivity index (χ4n) is 2.30. The lowest BCUT2D eigenvalue weighted by molar-refractivity contribution is -0.148. The van der Waals surface area contributed by atoms with E-state index in [9.17, 15) is 22.8 Å². The number of nitriles is 1. The molecule has 0 saturated heterocycles. The molecule has 0 bridgehead atoms. The first-order chi connectivity index (χ1) is 13.6. The van der Waals surface area contributed by atoms with Gasteiger partial charge < -0.3 is 14.2 Å². The Kier molecular flexibility index (Phi) is 6.72. The van der Waals surface area contributed by atoms with E-state index >= 15 is 0 Å². The van der Waals surface area contributed by atoms with E-state index in [4.69, 9.17) is 26.3 Å². The van der Waals surface area contributed by atoms with Crippen LogP contribution in [0.3, 0.4) is 0 Å². The first-order valence-electron chi connectivity index (χ1n) is 7.95. The van der Waals surface area contributed by atoms with Crippen LogP contribution in [0.5, 0.6) is 17.2 Å². The molecule has 29 heavy (non-hydrogen) atoms. The summed E-state index contributed by atoms with van der Waals surface area (Å²) >= 11 is 5.96. The van der Waals surface area contributed by atoms with E-state index < -0.39 is 40.2 Å². The van der Waals surface area contributed by atoms with Crippen LogP contribution in [0.25, 0.3) is 0 Å². The van der Waals surface area contributed by atoms with Crippen LogP contribution in [0.1, 0.15) is 22.8 Å². The van der Waals surface area contributed by atoms with Crippen LogP contribution in [-0.2, 0) is 15.7 Å². The molecular weight excluding hydrogens is 415 g/mol. The predicted octanol–water partition coefficient (Wildman–Crippen LogP) is 4.80. The first kappa shape index (κ1) is 22.0. The number of benzene rings is 2. The largest absolute Gasteiger partial charge is 0.475 e. The van der Waals surface area contributed by atoms with E-state index in [-0.39, 0.29) is 17.2 Å². The number of ketones is 1. The van der Waals surface area contributed by atoms with Crippen LogP contribution >= 0.6 is 11.6 Å². The van der Waals surface area contributed by atoms with Crippen molar-refractivity contribution in [2.75, 3.05) is 7.11 Å². The molecule has 0 aliphatic carbocycles. The van der Waals surface area contributed by atoms with Gasteiger partial charge in [-0.3, -0.25) is 4.79 Å². The number of Topliss-reactive ketones (excluding diaryl/α,β-unsaturated/α-hetero) is 1. The molecule has 0 N–H and O–H groups in total. The number of halogens is 4. The molecule has 0 saturated carbocycles. The van der Waals surface area contributed by atoms with E-state index in [0.29, 0.717) is 6.07 Å². The number of methoxy groups -OCH3 is 1. The lowest BCUT2D eigenvalue weighted by Crippen LogP contribution is -2.25. The number of alkyl halides is 3. The number of nitrogens with zero attached hydrogens (tertiary/aromatic N) is 1. The molecule has 1 unspecified atom stereocenters. The van der Waals surface area contributed by atoms with Crippen molar-refractivity contribution in [1.29, 1.82) is 5.26 Å². The molecule has 2 rings (SSSR count). The zero-order valence-corrected chi connectivity index (χ0v) is 15.8. The molecule has 0 heterocycles. The molecule has 10 heteroatoms. The Labute approximate surface area is 168 Å². The number of ether oxygens (including phenoxy) is 3. The Bertz CT molecular complexity index is 985. The van der Waals surface area contributed by atoms with Gasteiger partial charge in [-0.2, -0.15) is 18.4 Å². The smallest absolute Gasteiger partial charge is 0.417 e. The van der Waals surface area contributed by atoms with Gasteiger partial charge >= 0.3 is 12.1 Å². The van der Waals surface area contributed by atoms with Crippen LogP contribution in [0, 0.1) is 11.3 Å². The van der Waals surface area contributed by atoms with Gasteiger partial charge in [-0.15, -0.1) is 0 Å². The van der Waals surface area contributed by atoms with Gasteiger partial charge in [0.15, 0.2) is 17.6 Å². The van der Waals surface area contributed by atoms with Crippen molar-refractivity contribution in [3.05, 3.63) is 52.5 Å². The molecule has 0 spiro atoms. The minimum Gasteiger partial charge on any atom is -0.475 e. The number of para-hydroxylation sites is 2. The second-order valence-electron chi connectivity index (χ2n) is 5.57. The molecule has 2 aromatic rings. The molecule has 0 aromatic heterocycles. The van der Waals surface area contributed by atoms with Crippen molar-refractivity contribution < 1.29 is 37.0 Å². The third kappa shape index (κ3) is 4.97. The third-order valence-electron chi connectivity index (χ3n) is 3.65. The monoisotopic (exact) mass is 427 g/mol. The van der Waals surface area contributed by atoms with Crippen LogP contribution in [0.2, 0.25) is 5.02 Å². The summed E-state index contributed by atoms with van der Waals surface area (Å²) in [6.07, 6.45) is -5.90. The summed E-state index contributed by atoms with van der Waals surface area (Å²) in [5, 5.41) is 8.09. The Morgan fingerprint density at radius 3 is 2.28 bits per heavy atom. The van der Waals surface area contributed by atoms with E-state index in [1.165, 1.54) is 26.2 Å². The van der Waals surface area contributed by atoms with Gasteiger partial charge in [0.25, 0.3) is 5.78 Å². The predicted molar refractivity (Wildman–Crippen MR) is 95.0 cm³/mol. The maximum atomic E-state index is 13.2. The lowest BCUT2D eigenvalue weighted by atomic mass is 10.0. The second kappa shape index (κ2) is 8.84. The minimum atomic E-state index is -4.90. The summed E-state index contributed by atoms with van der Waals surface area (Å²) < 4.78 is 55.1. The highest BCUT2D eigenvalue weighted by atomic mass is 35.5. The third-order valence-corrected chi connectivity index (χ3v) is 4.02. The van der Waals surface area contributed by atoms with Gasteiger partial charge in [0, 0.05) is 0 Å². The van der Waals surface area contributed by atoms with Crippen LogP contribution in [0.15, 0.2) is 36.4 Å². The maximum absolute atomic E-state index is 13.2. The summed E-state index contributed by atoms with van der Waals surface area (Å²) in [5.74, 6) is -2.33. The highest BCUT2D eigenvalue weighted by Gasteiger charge is 2.37. The second-order valence-corrected chi connectivity index (χ2v) is 5.95. The Morgan fingerprint density at radius 1 is 1.10 bits per heavy atom. The van der Waals surface area contributed by atoms with Gasteiger partial charge in [0.2, 0.25) is 0 Å². The fraction of sp³-hybridized carbons (Fsp3) is 0.211. The van der Waals surface area contributed by atoms with Crippen molar-refractivity contribution in [2.24, 2.45) is 0 Å². The van der Waals surface area contributed by atoms with Crippen molar-refractivity contribution in [1.82, 2.24) is 0 Å². The fourth-order valence-corrected chi connectivity index (χ4v) is 2.59. The van der Waals surface area contributed by atoms with Crippen LogP contribution in [-0.4, -0.2) is 25.0 Å². The van der Waals surface area contributed by atoms with Crippen molar-refractivity contribution in [3.8, 4) is 23.3 Å². The SMILES string of the molecule is COC(=O)C(C)Oc1ccccc1Oc1ccc(C(F)(F)F)c(C(=O)C#N)c1Cl. The standard InChI is InChI=1S/C19H13ClF3NO5/c1-10(18(26)27-2)28-13-5-3-4-6-14(13)29-15-8-7-11(19(21,22)23)16(17(15)20)12(25)9-24/h3-8,10H,1-2H3. The molecule has 0 aliphatic heterocycles. The molecule has 0 radical (unpaired) electrons. The van der Waals surface area contributed by atoms with Crippen LogP contribution in [0.4, 0.5) is 13.2 Å². The number of esters is 1. The Hall–Kier alpha value is -3.25. The number of carbonyl (C=O) groups excluding carboxylic acids is 2. The van der Waals surface area contributed by atoms with E-state index in [2.05, 4.69) is 4.74 Å². The van der Waals surface area contributed by atoms with Crippen molar-refractivity contribution in [3.63, 3.8) is 0 Å². The first-order valence-corrected chi connectivity index (χ1v) is 8.33. The minimum absolute atomic E-state index is 0.0141. The Balaban J connectivity index is 2.48. The van der Waals surface area contributed by atoms with Crippen LogP contribution < -0.4 is 9.47 Å². The van der Waals surface area contributed by atoms with Crippen molar-refractivity contribution in [2.45, 2.75) is 19.2 Å². The number of hydrogen-bond donors (Lipinski definition) is 0. The number of rotatable bonds is 6. The van der Waals surface area contributed by atoms with E-state index in [1.54, 1.807) is 12.1 Å². The molecule has 6 nitrogen and oxygen atoms in total. The molecular formula is C19H13ClF3NO5. The highest BCUT2D eigenvalue weighted by molar-refractivity contribution is 6.36. The Morgan fingerprint density at radius 2 is 1.72 bits per heavy atom. The van der Waals surface area contributed by atoms with Gasteiger partial charge in [0.1, 0.15) is 11.8 Å². The molecule has 0 fully saturated rings. The molecule has 2 aromatic carbocycles. The summed E-state index contributed by atoms with van der Waals surface area (Å²) in [4.78, 5) is 23.3. The number of hydrogen-bond acceptors (Lipinski definition) is 6. The normalized spacial score (nSPS) is 11.9. The molecule has 152 valence electrons.